The Labute approximate surface area is 217 Å². The van der Waals surface area contributed by atoms with Crippen LogP contribution in [0.4, 0.5) is 17.2 Å². The van der Waals surface area contributed by atoms with Crippen LogP contribution in [-0.2, 0) is 0 Å². The number of anilines is 1. The molecule has 3 N–H and O–H groups in total. The number of phenolic OH excluding ortho intramolecular Hbond substituents is 1. The number of aromatic nitrogens is 3. The molecule has 186 valence electrons. The van der Waals surface area contributed by atoms with Crippen molar-refractivity contribution in [2.24, 2.45) is 10.2 Å². The predicted octanol–water partition coefficient (Wildman–Crippen LogP) is 5.72. The molecule has 0 saturated carbocycles. The van der Waals surface area contributed by atoms with E-state index in [-0.39, 0.29) is 28.4 Å². The highest BCUT2D eigenvalue weighted by atomic mass is 16.3. The summed E-state index contributed by atoms with van der Waals surface area (Å²) < 4.78 is 1.37. The van der Waals surface area contributed by atoms with E-state index in [0.717, 1.165) is 0 Å². The van der Waals surface area contributed by atoms with Gasteiger partial charge in [-0.15, -0.1) is 10.2 Å². The maximum absolute atomic E-state index is 13.2. The summed E-state index contributed by atoms with van der Waals surface area (Å²) in [7, 11) is 0. The molecule has 0 bridgehead atoms. The van der Waals surface area contributed by atoms with Gasteiger partial charge in [0.2, 0.25) is 0 Å². The highest BCUT2D eigenvalue weighted by Gasteiger charge is 2.20. The smallest absolute Gasteiger partial charge is 0.259 e. The van der Waals surface area contributed by atoms with Crippen LogP contribution >= 0.6 is 0 Å². The summed E-state index contributed by atoms with van der Waals surface area (Å²) in [6, 6.07) is 22.7. The van der Waals surface area contributed by atoms with E-state index in [1.54, 1.807) is 85.9 Å². The zero-order valence-corrected chi connectivity index (χ0v) is 20.1. The molecule has 5 aromatic rings. The number of amides is 1. The Kier molecular flexibility index (Phi) is 6.59. The van der Waals surface area contributed by atoms with Crippen molar-refractivity contribution in [1.82, 2.24) is 14.8 Å². The summed E-state index contributed by atoms with van der Waals surface area (Å²) in [5.41, 5.74) is 1.43. The third kappa shape index (κ3) is 4.69. The molecule has 1 unspecified atom stereocenters. The monoisotopic (exact) mass is 503 g/mol. The SMILES string of the molecule is CC(O)c1ccc(NC(=O)c2cc3ccccc3c(N=Nc3c(C#N)cnn3-c3ccccn3)c2O)cc1. The van der Waals surface area contributed by atoms with Crippen LogP contribution < -0.4 is 5.32 Å². The number of rotatable bonds is 6. The molecule has 0 aliphatic heterocycles. The Bertz CT molecular complexity index is 1700. The number of nitriles is 1. The van der Waals surface area contributed by atoms with Crippen LogP contribution in [0.5, 0.6) is 5.75 Å². The molecule has 2 aromatic heterocycles. The number of hydrogen-bond donors (Lipinski definition) is 3. The minimum absolute atomic E-state index is 0.00371. The van der Waals surface area contributed by atoms with Crippen LogP contribution in [0.25, 0.3) is 16.6 Å². The number of aliphatic hydroxyl groups is 1. The first-order valence-corrected chi connectivity index (χ1v) is 11.6. The number of aromatic hydroxyl groups is 1. The molecular formula is C28H21N7O3. The second-order valence-corrected chi connectivity index (χ2v) is 8.39. The molecule has 0 saturated heterocycles. The second-order valence-electron chi connectivity index (χ2n) is 8.39. The molecule has 3 aromatic carbocycles. The van der Waals surface area contributed by atoms with Crippen molar-refractivity contribution < 1.29 is 15.0 Å². The minimum atomic E-state index is -0.632. The van der Waals surface area contributed by atoms with E-state index in [4.69, 9.17) is 0 Å². The average Bonchev–Trinajstić information content (AvgIpc) is 3.36. The zero-order valence-electron chi connectivity index (χ0n) is 20.1. The highest BCUT2D eigenvalue weighted by molar-refractivity contribution is 6.11. The third-order valence-corrected chi connectivity index (χ3v) is 5.87. The average molecular weight is 504 g/mol. The first-order chi connectivity index (χ1) is 18.5. The summed E-state index contributed by atoms with van der Waals surface area (Å²) in [6.07, 6.45) is 2.31. The van der Waals surface area contributed by atoms with Crippen LogP contribution in [0.15, 0.2) is 95.4 Å². The van der Waals surface area contributed by atoms with E-state index in [1.165, 1.54) is 10.9 Å². The molecule has 1 atom stereocenters. The fourth-order valence-corrected chi connectivity index (χ4v) is 3.90. The first-order valence-electron chi connectivity index (χ1n) is 11.6. The van der Waals surface area contributed by atoms with Crippen molar-refractivity contribution in [3.05, 3.63) is 102 Å². The van der Waals surface area contributed by atoms with Gasteiger partial charge in [0.15, 0.2) is 17.4 Å². The van der Waals surface area contributed by atoms with Crippen molar-refractivity contribution in [3.8, 4) is 17.6 Å². The zero-order chi connectivity index (χ0) is 26.6. The fourth-order valence-electron chi connectivity index (χ4n) is 3.90. The van der Waals surface area contributed by atoms with Crippen LogP contribution in [-0.4, -0.2) is 30.9 Å². The van der Waals surface area contributed by atoms with Gasteiger partial charge in [-0.2, -0.15) is 15.0 Å². The fraction of sp³-hybridized carbons (Fsp3) is 0.0714. The maximum Gasteiger partial charge on any atom is 0.259 e. The normalized spacial score (nSPS) is 11.9. The van der Waals surface area contributed by atoms with Crippen LogP contribution in [0.1, 0.15) is 34.5 Å². The largest absolute Gasteiger partial charge is 0.505 e. The summed E-state index contributed by atoms with van der Waals surface area (Å²) in [5, 5.41) is 47.1. The van der Waals surface area contributed by atoms with Gasteiger partial charge in [0.05, 0.1) is 17.9 Å². The lowest BCUT2D eigenvalue weighted by Gasteiger charge is -2.12. The van der Waals surface area contributed by atoms with Gasteiger partial charge in [-0.05, 0) is 48.2 Å². The molecule has 0 radical (unpaired) electrons. The van der Waals surface area contributed by atoms with Crippen molar-refractivity contribution in [3.63, 3.8) is 0 Å². The third-order valence-electron chi connectivity index (χ3n) is 5.87. The first kappa shape index (κ1) is 24.3. The summed E-state index contributed by atoms with van der Waals surface area (Å²) >= 11 is 0. The number of azo groups is 1. The van der Waals surface area contributed by atoms with E-state index >= 15 is 0 Å². The Hall–Kier alpha value is -5.40. The van der Waals surface area contributed by atoms with Gasteiger partial charge in [-0.1, -0.05) is 42.5 Å². The van der Waals surface area contributed by atoms with Crippen molar-refractivity contribution in [1.29, 1.82) is 5.26 Å². The van der Waals surface area contributed by atoms with Crippen LogP contribution in [0, 0.1) is 11.3 Å². The molecule has 0 aliphatic carbocycles. The molecule has 10 heteroatoms. The quantitative estimate of drug-likeness (QED) is 0.252. The topological polar surface area (TPSA) is 149 Å². The van der Waals surface area contributed by atoms with E-state index in [9.17, 15) is 20.3 Å². The number of carbonyl (C=O) groups is 1. The number of aliphatic hydroxyl groups excluding tert-OH is 1. The lowest BCUT2D eigenvalue weighted by atomic mass is 10.0. The number of pyridine rings is 1. The highest BCUT2D eigenvalue weighted by Crippen LogP contribution is 2.40. The molecule has 1 amide bonds. The standard InChI is InChI=1S/C28H21N7O3/c1-17(36)18-9-11-21(12-10-18)32-28(38)23-14-19-6-2-3-7-22(19)25(26(23)37)33-34-27-20(15-29)16-31-35(27)24-8-4-5-13-30-24/h2-14,16-17,36-37H,1H3,(H,32,38). The number of fused-ring (bicyclic) bond motifs is 1. The van der Waals surface area contributed by atoms with Gasteiger partial charge in [0, 0.05) is 17.3 Å². The van der Waals surface area contributed by atoms with Crippen molar-refractivity contribution >= 4 is 33.9 Å². The Morgan fingerprint density at radius 1 is 1.08 bits per heavy atom. The molecule has 5 rings (SSSR count). The number of benzene rings is 3. The van der Waals surface area contributed by atoms with E-state index in [2.05, 4.69) is 25.6 Å². The van der Waals surface area contributed by atoms with Gasteiger partial charge in [-0.25, -0.2) is 4.98 Å². The number of carbonyl (C=O) groups excluding carboxylic acids is 1. The Morgan fingerprint density at radius 2 is 1.84 bits per heavy atom. The molecule has 0 fully saturated rings. The van der Waals surface area contributed by atoms with Crippen molar-refractivity contribution in [2.75, 3.05) is 5.32 Å². The van der Waals surface area contributed by atoms with Gasteiger partial charge in [-0.3, -0.25) is 4.79 Å². The molecule has 2 heterocycles. The number of nitrogens with one attached hydrogen (secondary N) is 1. The molecule has 0 aliphatic rings. The molecular weight excluding hydrogens is 482 g/mol. The number of hydrogen-bond acceptors (Lipinski definition) is 8. The number of nitrogens with zero attached hydrogens (tertiary/aromatic N) is 6. The Balaban J connectivity index is 1.56. The number of phenols is 1. The molecule has 38 heavy (non-hydrogen) atoms. The van der Waals surface area contributed by atoms with Crippen LogP contribution in [0.3, 0.4) is 0 Å². The summed E-state index contributed by atoms with van der Waals surface area (Å²) in [6.45, 7) is 1.65. The predicted molar refractivity (Wildman–Crippen MR) is 141 cm³/mol. The molecule has 10 nitrogen and oxygen atoms in total. The van der Waals surface area contributed by atoms with Crippen LogP contribution in [0.2, 0.25) is 0 Å². The second kappa shape index (κ2) is 10.3. The minimum Gasteiger partial charge on any atom is -0.505 e. The van der Waals surface area contributed by atoms with E-state index in [1.807, 2.05) is 6.07 Å². The lowest BCUT2D eigenvalue weighted by Crippen LogP contribution is -2.12. The molecule has 0 spiro atoms. The van der Waals surface area contributed by atoms with Gasteiger partial charge >= 0.3 is 0 Å². The van der Waals surface area contributed by atoms with Gasteiger partial charge in [0.1, 0.15) is 17.3 Å². The lowest BCUT2D eigenvalue weighted by molar-refractivity contribution is 0.102. The Morgan fingerprint density at radius 3 is 2.55 bits per heavy atom. The van der Waals surface area contributed by atoms with Gasteiger partial charge in [0.25, 0.3) is 5.91 Å². The summed E-state index contributed by atoms with van der Waals surface area (Å²) in [5.74, 6) is -0.354. The summed E-state index contributed by atoms with van der Waals surface area (Å²) in [4.78, 5) is 17.4. The maximum atomic E-state index is 13.2. The van der Waals surface area contributed by atoms with E-state index < -0.39 is 12.0 Å². The van der Waals surface area contributed by atoms with Crippen molar-refractivity contribution in [2.45, 2.75) is 13.0 Å². The van der Waals surface area contributed by atoms with Gasteiger partial charge < -0.3 is 15.5 Å². The van der Waals surface area contributed by atoms with E-state index in [0.29, 0.717) is 27.8 Å².